The first-order valence-electron chi connectivity index (χ1n) is 12.9. The lowest BCUT2D eigenvalue weighted by Gasteiger charge is -2.19. The minimum absolute atomic E-state index is 0.000586. The molecule has 5 aromatic rings. The van der Waals surface area contributed by atoms with E-state index in [2.05, 4.69) is 4.98 Å². The van der Waals surface area contributed by atoms with Crippen molar-refractivity contribution in [3.8, 4) is 28.7 Å². The van der Waals surface area contributed by atoms with Crippen LogP contribution in [0.3, 0.4) is 0 Å². The molecule has 3 aromatic carbocycles. The smallest absolute Gasteiger partial charge is 0.269 e. The number of ether oxygens (including phenoxy) is 1. The van der Waals surface area contributed by atoms with Gasteiger partial charge in [-0.25, -0.2) is 34.6 Å². The van der Waals surface area contributed by atoms with Crippen molar-refractivity contribution in [2.45, 2.75) is 42.2 Å². The number of hydrogen-bond acceptors (Lipinski definition) is 7. The fraction of sp³-hybridized carbons (Fsp3) is 0.161. The van der Waals surface area contributed by atoms with Gasteiger partial charge >= 0.3 is 0 Å². The van der Waals surface area contributed by atoms with Gasteiger partial charge in [-0.3, -0.25) is 0 Å². The molecule has 220 valence electrons. The highest BCUT2D eigenvalue weighted by Gasteiger charge is 2.36. The average molecular weight is 622 g/mol. The van der Waals surface area contributed by atoms with Gasteiger partial charge in [0.1, 0.15) is 11.6 Å². The molecule has 0 amide bonds. The summed E-state index contributed by atoms with van der Waals surface area (Å²) in [5, 5.41) is 9.89. The minimum Gasteiger partial charge on any atom is -0.454 e. The van der Waals surface area contributed by atoms with E-state index < -0.39 is 36.2 Å². The van der Waals surface area contributed by atoms with Crippen molar-refractivity contribution in [2.75, 3.05) is 0 Å². The zero-order valence-electron chi connectivity index (χ0n) is 23.5. The molecule has 0 spiro atoms. The van der Waals surface area contributed by atoms with Crippen molar-refractivity contribution in [3.05, 3.63) is 102 Å². The number of pyridine rings is 1. The van der Waals surface area contributed by atoms with Crippen molar-refractivity contribution >= 4 is 30.9 Å². The summed E-state index contributed by atoms with van der Waals surface area (Å²) < 4.78 is 87.5. The highest BCUT2D eigenvalue weighted by atomic mass is 32.2. The van der Waals surface area contributed by atoms with Crippen molar-refractivity contribution in [1.29, 1.82) is 5.26 Å². The number of halogens is 2. The third kappa shape index (κ3) is 5.15. The Kier molecular flexibility index (Phi) is 7.36. The van der Waals surface area contributed by atoms with Crippen LogP contribution in [-0.2, 0) is 19.9 Å². The molecule has 0 saturated carbocycles. The van der Waals surface area contributed by atoms with Crippen molar-refractivity contribution in [2.24, 2.45) is 0 Å². The molecule has 0 atom stereocenters. The standard InChI is InChI=1S/C31H25F2N3O5S2/c1-19-7-5-6-8-29(19)43(39,40)36-14-13-23-24(15-20(2)35-30(23)36)25-17-22(42(37,38)31(3,4)18-34)10-12-27(25)41-28-11-9-21(32)16-26(28)33/h5-17H,1-4H3. The zero-order chi connectivity index (χ0) is 31.3. The van der Waals surface area contributed by atoms with Crippen LogP contribution in [0.2, 0.25) is 0 Å². The highest BCUT2D eigenvalue weighted by molar-refractivity contribution is 7.93. The normalized spacial score (nSPS) is 12.3. The molecule has 0 fully saturated rings. The van der Waals surface area contributed by atoms with Crippen molar-refractivity contribution in [1.82, 2.24) is 8.96 Å². The lowest BCUT2D eigenvalue weighted by molar-refractivity contribution is 0.438. The summed E-state index contributed by atoms with van der Waals surface area (Å²) in [6.07, 6.45) is 1.35. The predicted octanol–water partition coefficient (Wildman–Crippen LogP) is 6.70. The molecule has 0 radical (unpaired) electrons. The Hall–Kier alpha value is -4.60. The molecule has 0 aliphatic heterocycles. The van der Waals surface area contributed by atoms with Crippen LogP contribution >= 0.6 is 0 Å². The second kappa shape index (κ2) is 10.6. The fourth-order valence-corrected chi connectivity index (χ4v) is 7.34. The molecule has 0 unspecified atom stereocenters. The van der Waals surface area contributed by atoms with Crippen LogP contribution < -0.4 is 4.74 Å². The molecular weight excluding hydrogens is 596 g/mol. The van der Waals surface area contributed by atoms with E-state index in [-0.39, 0.29) is 32.5 Å². The van der Waals surface area contributed by atoms with Crippen LogP contribution in [0.1, 0.15) is 25.1 Å². The number of benzene rings is 3. The summed E-state index contributed by atoms with van der Waals surface area (Å²) in [4.78, 5) is 4.36. The predicted molar refractivity (Wildman–Crippen MR) is 157 cm³/mol. The Bertz CT molecular complexity index is 2190. The van der Waals surface area contributed by atoms with Gasteiger partial charge in [0.15, 0.2) is 31.8 Å². The van der Waals surface area contributed by atoms with Crippen LogP contribution in [0.4, 0.5) is 8.78 Å². The van der Waals surface area contributed by atoms with E-state index in [4.69, 9.17) is 4.74 Å². The van der Waals surface area contributed by atoms with E-state index in [0.717, 1.165) is 16.1 Å². The average Bonchev–Trinajstić information content (AvgIpc) is 3.39. The van der Waals surface area contributed by atoms with E-state index in [1.54, 1.807) is 44.2 Å². The van der Waals surface area contributed by atoms with Gasteiger partial charge in [0.05, 0.1) is 15.9 Å². The topological polar surface area (TPSA) is 119 Å². The number of fused-ring (bicyclic) bond motifs is 1. The van der Waals surface area contributed by atoms with Gasteiger partial charge in [-0.2, -0.15) is 5.26 Å². The molecule has 43 heavy (non-hydrogen) atoms. The van der Waals surface area contributed by atoms with Gasteiger partial charge in [0.25, 0.3) is 10.0 Å². The zero-order valence-corrected chi connectivity index (χ0v) is 25.1. The molecular formula is C31H25F2N3O5S2. The summed E-state index contributed by atoms with van der Waals surface area (Å²) in [6, 6.07) is 18.0. The van der Waals surface area contributed by atoms with Crippen LogP contribution in [0.25, 0.3) is 22.2 Å². The molecule has 8 nitrogen and oxygen atoms in total. The summed E-state index contributed by atoms with van der Waals surface area (Å²) in [5.41, 5.74) is 1.49. The number of aromatic nitrogens is 2. The number of nitriles is 1. The maximum atomic E-state index is 14.6. The number of nitrogens with zero attached hydrogens (tertiary/aromatic N) is 3. The van der Waals surface area contributed by atoms with Crippen molar-refractivity contribution < 1.29 is 30.4 Å². The Labute approximate surface area is 247 Å². The lowest BCUT2D eigenvalue weighted by Crippen LogP contribution is -2.30. The van der Waals surface area contributed by atoms with E-state index in [1.165, 1.54) is 50.4 Å². The van der Waals surface area contributed by atoms with Gasteiger partial charge in [-0.05, 0) is 87.4 Å². The number of sulfone groups is 1. The quantitative estimate of drug-likeness (QED) is 0.198. The number of aryl methyl sites for hydroxylation is 2. The third-order valence-electron chi connectivity index (χ3n) is 6.99. The summed E-state index contributed by atoms with van der Waals surface area (Å²) in [5.74, 6) is -2.12. The van der Waals surface area contributed by atoms with E-state index in [9.17, 15) is 30.9 Å². The first-order valence-corrected chi connectivity index (χ1v) is 15.8. The third-order valence-corrected chi connectivity index (χ3v) is 11.1. The molecule has 5 rings (SSSR count). The van der Waals surface area contributed by atoms with Crippen LogP contribution in [0.15, 0.2) is 88.8 Å². The van der Waals surface area contributed by atoms with Gasteiger partial charge in [0, 0.05) is 28.9 Å². The molecule has 0 saturated heterocycles. The van der Waals surface area contributed by atoms with Crippen LogP contribution in [0, 0.1) is 36.8 Å². The Morgan fingerprint density at radius 1 is 0.884 bits per heavy atom. The van der Waals surface area contributed by atoms with E-state index in [0.29, 0.717) is 28.3 Å². The Morgan fingerprint density at radius 2 is 1.58 bits per heavy atom. The SMILES string of the molecule is Cc1cc(-c2cc(S(=O)(=O)C(C)(C)C#N)ccc2Oc2ccc(F)cc2F)c2ccn(S(=O)(=O)c3ccccc3C)c2n1. The number of hydrogen-bond donors (Lipinski definition) is 0. The van der Waals surface area contributed by atoms with Gasteiger partial charge in [-0.1, -0.05) is 18.2 Å². The van der Waals surface area contributed by atoms with Gasteiger partial charge in [-0.15, -0.1) is 0 Å². The minimum atomic E-state index is -4.20. The van der Waals surface area contributed by atoms with Crippen LogP contribution in [0.5, 0.6) is 11.5 Å². The number of rotatable bonds is 7. The maximum absolute atomic E-state index is 14.6. The van der Waals surface area contributed by atoms with Crippen LogP contribution in [-0.4, -0.2) is 30.5 Å². The molecule has 0 N–H and O–H groups in total. The highest BCUT2D eigenvalue weighted by Crippen LogP contribution is 2.41. The first-order chi connectivity index (χ1) is 20.2. The Morgan fingerprint density at radius 3 is 2.26 bits per heavy atom. The molecule has 0 bridgehead atoms. The van der Waals surface area contributed by atoms with E-state index >= 15 is 0 Å². The molecule has 2 heterocycles. The monoisotopic (exact) mass is 621 g/mol. The lowest BCUT2D eigenvalue weighted by atomic mass is 10.0. The molecule has 0 aliphatic carbocycles. The van der Waals surface area contributed by atoms with Gasteiger partial charge < -0.3 is 4.74 Å². The van der Waals surface area contributed by atoms with Gasteiger partial charge in [0.2, 0.25) is 0 Å². The largest absolute Gasteiger partial charge is 0.454 e. The molecule has 12 heteroatoms. The summed E-state index contributed by atoms with van der Waals surface area (Å²) in [7, 11) is -8.29. The first kappa shape index (κ1) is 29.9. The van der Waals surface area contributed by atoms with Crippen molar-refractivity contribution in [3.63, 3.8) is 0 Å². The second-order valence-corrected chi connectivity index (χ2v) is 14.7. The van der Waals surface area contributed by atoms with E-state index in [1.807, 2.05) is 0 Å². The fourth-order valence-electron chi connectivity index (χ4n) is 4.59. The molecule has 2 aromatic heterocycles. The second-order valence-electron chi connectivity index (χ2n) is 10.4. The molecule has 0 aliphatic rings. The summed E-state index contributed by atoms with van der Waals surface area (Å²) >= 11 is 0. The maximum Gasteiger partial charge on any atom is 0.269 e. The summed E-state index contributed by atoms with van der Waals surface area (Å²) in [6.45, 7) is 5.85. The Balaban J connectivity index is 1.79.